The second kappa shape index (κ2) is 15.9. The minimum atomic E-state index is -0.431. The van der Waals surface area contributed by atoms with Crippen LogP contribution in [0.15, 0.2) is 48.8 Å². The minimum Gasteiger partial charge on any atom is -0.494 e. The molecule has 0 bridgehead atoms. The number of hydrogen-bond donors (Lipinski definition) is 2. The van der Waals surface area contributed by atoms with Crippen molar-refractivity contribution in [3.63, 3.8) is 0 Å². The highest BCUT2D eigenvalue weighted by molar-refractivity contribution is 6.42. The first kappa shape index (κ1) is 31.9. The summed E-state index contributed by atoms with van der Waals surface area (Å²) < 4.78 is 20.0. The molecule has 8 heteroatoms. The van der Waals surface area contributed by atoms with Crippen molar-refractivity contribution < 1.29 is 18.7 Å². The molecule has 0 saturated heterocycles. The van der Waals surface area contributed by atoms with E-state index in [9.17, 15) is 14.0 Å². The Balaban J connectivity index is 0.000000312. The highest BCUT2D eigenvalue weighted by Crippen LogP contribution is 2.50. The van der Waals surface area contributed by atoms with Crippen LogP contribution in [0, 0.1) is 17.2 Å². The zero-order valence-corrected chi connectivity index (χ0v) is 24.1. The molecule has 2 saturated carbocycles. The van der Waals surface area contributed by atoms with E-state index in [-0.39, 0.29) is 28.2 Å². The molecule has 0 radical (unpaired) electrons. The monoisotopic (exact) mass is 566 g/mol. The maximum atomic E-state index is 14.6. The van der Waals surface area contributed by atoms with Gasteiger partial charge in [0.15, 0.2) is 0 Å². The molecule has 1 aromatic carbocycles. The van der Waals surface area contributed by atoms with Crippen molar-refractivity contribution in [1.29, 1.82) is 0 Å². The summed E-state index contributed by atoms with van der Waals surface area (Å²) in [6.07, 6.45) is 16.2. The predicted octanol–water partition coefficient (Wildman–Crippen LogP) is 7.97. The van der Waals surface area contributed by atoms with Gasteiger partial charge in [0.05, 0.1) is 22.7 Å². The van der Waals surface area contributed by atoms with Crippen molar-refractivity contribution in [1.82, 2.24) is 5.32 Å². The van der Waals surface area contributed by atoms with Crippen LogP contribution in [0.2, 0.25) is 10.0 Å². The number of halogens is 3. The Hall–Kier alpha value is -2.31. The fraction of sp³-hybridized carbons (Fsp3) is 0.533. The number of benzene rings is 1. The van der Waals surface area contributed by atoms with Gasteiger partial charge in [-0.05, 0) is 68.7 Å². The van der Waals surface area contributed by atoms with Crippen LogP contribution in [0.5, 0.6) is 0 Å². The number of allylic oxidation sites excluding steroid dienone is 4. The number of ether oxygens (including phenoxy) is 1. The number of nitrogens with one attached hydrogen (secondary N) is 1. The summed E-state index contributed by atoms with van der Waals surface area (Å²) in [6, 6.07) is 2.38. The first-order valence-electron chi connectivity index (χ1n) is 13.4. The molecule has 2 aliphatic carbocycles. The average Bonchev–Trinajstić information content (AvgIpc) is 3.57. The Morgan fingerprint density at radius 1 is 1.24 bits per heavy atom. The van der Waals surface area contributed by atoms with E-state index >= 15 is 0 Å². The Labute approximate surface area is 236 Å². The van der Waals surface area contributed by atoms with Gasteiger partial charge in [-0.1, -0.05) is 74.5 Å². The van der Waals surface area contributed by atoms with Gasteiger partial charge in [0.25, 0.3) is 0 Å². The van der Waals surface area contributed by atoms with Gasteiger partial charge in [-0.3, -0.25) is 9.59 Å². The lowest BCUT2D eigenvalue weighted by molar-refractivity contribution is -0.126. The van der Waals surface area contributed by atoms with Gasteiger partial charge >= 0.3 is 0 Å². The van der Waals surface area contributed by atoms with Crippen LogP contribution >= 0.6 is 23.2 Å². The van der Waals surface area contributed by atoms with Crippen molar-refractivity contribution in [2.75, 3.05) is 6.61 Å². The third kappa shape index (κ3) is 9.46. The highest BCUT2D eigenvalue weighted by atomic mass is 35.5. The molecule has 1 atom stereocenters. The molecule has 5 nitrogen and oxygen atoms in total. The number of nitrogens with two attached hydrogens (primary N) is 1. The van der Waals surface area contributed by atoms with Crippen molar-refractivity contribution in [2.45, 2.75) is 84.1 Å². The molecular weight excluding hydrogens is 526 g/mol. The lowest BCUT2D eigenvalue weighted by Gasteiger charge is -2.36. The second-order valence-corrected chi connectivity index (χ2v) is 11.0. The number of carbonyl (C=O) groups excluding carboxylic acids is 2. The fourth-order valence-corrected chi connectivity index (χ4v) is 5.62. The zero-order valence-electron chi connectivity index (χ0n) is 22.5. The van der Waals surface area contributed by atoms with Crippen LogP contribution in [-0.4, -0.2) is 18.4 Å². The normalized spacial score (nSPS) is 18.1. The fourth-order valence-electron chi connectivity index (χ4n) is 5.19. The molecule has 3 N–H and O–H groups in total. The summed E-state index contributed by atoms with van der Waals surface area (Å²) in [5, 5.41) is 3.70. The van der Waals surface area contributed by atoms with Gasteiger partial charge in [-0.15, -0.1) is 0 Å². The first-order chi connectivity index (χ1) is 18.1. The van der Waals surface area contributed by atoms with Crippen LogP contribution in [0.4, 0.5) is 4.39 Å². The Kier molecular flexibility index (Phi) is 13.4. The third-order valence-electron chi connectivity index (χ3n) is 7.27. The molecule has 2 amide bonds. The molecule has 0 aromatic heterocycles. The van der Waals surface area contributed by atoms with E-state index in [1.54, 1.807) is 12.2 Å². The Bertz CT molecular complexity index is 1010. The van der Waals surface area contributed by atoms with Gasteiger partial charge in [0.1, 0.15) is 11.6 Å². The number of primary amides is 1. The van der Waals surface area contributed by atoms with Crippen LogP contribution in [0.25, 0.3) is 0 Å². The van der Waals surface area contributed by atoms with Gasteiger partial charge in [0, 0.05) is 17.9 Å². The quantitative estimate of drug-likeness (QED) is 0.123. The first-order valence-corrected chi connectivity index (χ1v) is 14.2. The van der Waals surface area contributed by atoms with E-state index < -0.39 is 11.9 Å². The van der Waals surface area contributed by atoms with E-state index in [2.05, 4.69) is 18.8 Å². The summed E-state index contributed by atoms with van der Waals surface area (Å²) >= 11 is 12.5. The molecule has 1 unspecified atom stereocenters. The van der Waals surface area contributed by atoms with Crippen molar-refractivity contribution in [3.8, 4) is 0 Å². The molecule has 2 aliphatic rings. The molecular formula is C30H41Cl2FN2O3. The lowest BCUT2D eigenvalue weighted by atomic mass is 9.76. The van der Waals surface area contributed by atoms with Crippen molar-refractivity contribution in [3.05, 3.63) is 70.2 Å². The van der Waals surface area contributed by atoms with Gasteiger partial charge < -0.3 is 15.8 Å². The molecule has 38 heavy (non-hydrogen) atoms. The van der Waals surface area contributed by atoms with E-state index in [0.29, 0.717) is 30.0 Å². The van der Waals surface area contributed by atoms with Crippen LogP contribution < -0.4 is 11.1 Å². The van der Waals surface area contributed by atoms with Crippen LogP contribution in [-0.2, 0) is 14.3 Å². The topological polar surface area (TPSA) is 81.4 Å². The second-order valence-electron chi connectivity index (χ2n) is 10.3. The van der Waals surface area contributed by atoms with Gasteiger partial charge in [-0.25, -0.2) is 4.39 Å². The SMILES string of the molecule is C=C/C=C(\C=C/C)OCCCC(N)=O.CC1(C(NC(=O)C2CCCC2)c2c(F)ccc(Cl)c2Cl)CCCC1. The highest BCUT2D eigenvalue weighted by Gasteiger charge is 2.42. The third-order valence-corrected chi connectivity index (χ3v) is 8.09. The Morgan fingerprint density at radius 3 is 2.47 bits per heavy atom. The predicted molar refractivity (Wildman–Crippen MR) is 153 cm³/mol. The lowest BCUT2D eigenvalue weighted by Crippen LogP contribution is -2.41. The van der Waals surface area contributed by atoms with Crippen molar-refractivity contribution in [2.24, 2.45) is 17.1 Å². The standard InChI is InChI=1S/C19H24Cl2FNO.C11H17NO2/c1-19(10-4-5-11-19)17(23-18(24)12-6-2-3-7-12)15-14(22)9-8-13(20)16(15)21;1-3-6-10(7-4-2)14-9-5-8-11(12)13/h8-9,12,17H,2-7,10-11H2,1H3,(H,23,24);3-4,6-7H,1,5,8-9H2,2H3,(H2,12,13)/b;7-4-,10-6+. The summed E-state index contributed by atoms with van der Waals surface area (Å²) in [7, 11) is 0. The number of rotatable bonds is 11. The van der Waals surface area contributed by atoms with E-state index in [0.717, 1.165) is 57.1 Å². The summed E-state index contributed by atoms with van der Waals surface area (Å²) in [6.45, 7) is 8.10. The molecule has 0 aliphatic heterocycles. The van der Waals surface area contributed by atoms with Gasteiger partial charge in [-0.2, -0.15) is 0 Å². The maximum absolute atomic E-state index is 14.6. The molecule has 0 spiro atoms. The van der Waals surface area contributed by atoms with Crippen LogP contribution in [0.3, 0.4) is 0 Å². The van der Waals surface area contributed by atoms with Crippen molar-refractivity contribution >= 4 is 35.0 Å². The largest absolute Gasteiger partial charge is 0.494 e. The van der Waals surface area contributed by atoms with E-state index in [1.165, 1.54) is 12.1 Å². The smallest absolute Gasteiger partial charge is 0.223 e. The summed E-state index contributed by atoms with van der Waals surface area (Å²) in [5.74, 6) is 0.120. The number of amides is 2. The van der Waals surface area contributed by atoms with Gasteiger partial charge in [0.2, 0.25) is 11.8 Å². The number of hydrogen-bond acceptors (Lipinski definition) is 3. The molecule has 210 valence electrons. The average molecular weight is 568 g/mol. The minimum absolute atomic E-state index is 0.0288. The Morgan fingerprint density at radius 2 is 1.89 bits per heavy atom. The van der Waals surface area contributed by atoms with E-state index in [4.69, 9.17) is 33.7 Å². The van der Waals surface area contributed by atoms with E-state index in [1.807, 2.05) is 19.1 Å². The zero-order chi connectivity index (χ0) is 28.1. The number of carbonyl (C=O) groups is 2. The maximum Gasteiger partial charge on any atom is 0.223 e. The molecule has 3 rings (SSSR count). The van der Waals surface area contributed by atoms with Crippen LogP contribution in [0.1, 0.15) is 89.7 Å². The molecule has 0 heterocycles. The summed E-state index contributed by atoms with van der Waals surface area (Å²) in [5.41, 5.74) is 5.14. The molecule has 1 aromatic rings. The molecule has 2 fully saturated rings. The summed E-state index contributed by atoms with van der Waals surface area (Å²) in [4.78, 5) is 23.1.